The third kappa shape index (κ3) is 3.52. The fourth-order valence-electron chi connectivity index (χ4n) is 2.00. The van der Waals surface area contributed by atoms with E-state index in [0.717, 1.165) is 29.3 Å². The quantitative estimate of drug-likeness (QED) is 0.825. The van der Waals surface area contributed by atoms with Gasteiger partial charge in [-0.3, -0.25) is 4.79 Å². The highest BCUT2D eigenvalue weighted by Crippen LogP contribution is 2.18. The Morgan fingerprint density at radius 1 is 1.45 bits per heavy atom. The van der Waals surface area contributed by atoms with Crippen LogP contribution >= 0.6 is 11.8 Å². The second kappa shape index (κ2) is 6.76. The van der Waals surface area contributed by atoms with Crippen molar-refractivity contribution >= 4 is 29.3 Å². The van der Waals surface area contributed by atoms with Gasteiger partial charge in [0.2, 0.25) is 5.91 Å². The van der Waals surface area contributed by atoms with Gasteiger partial charge in [-0.05, 0) is 30.7 Å². The van der Waals surface area contributed by atoms with E-state index in [0.29, 0.717) is 5.56 Å². The Hall–Kier alpha value is -1.53. The lowest BCUT2D eigenvalue weighted by atomic mass is 10.1. The lowest BCUT2D eigenvalue weighted by Gasteiger charge is -2.22. The molecule has 1 amide bonds. The molecule has 1 atom stereocenters. The van der Waals surface area contributed by atoms with Crippen molar-refractivity contribution in [2.45, 2.75) is 13.0 Å². The molecule has 1 aromatic carbocycles. The molecule has 1 aliphatic heterocycles. The van der Waals surface area contributed by atoms with Crippen molar-refractivity contribution in [2.75, 3.05) is 30.5 Å². The number of carbonyl (C=O) groups is 2. The van der Waals surface area contributed by atoms with Crippen molar-refractivity contribution in [3.05, 3.63) is 29.3 Å². The molecule has 2 rings (SSSR count). The van der Waals surface area contributed by atoms with Crippen LogP contribution < -0.4 is 10.6 Å². The Morgan fingerprint density at radius 2 is 2.25 bits per heavy atom. The summed E-state index contributed by atoms with van der Waals surface area (Å²) in [5.74, 6) is 1.41. The van der Waals surface area contributed by atoms with Crippen LogP contribution in [0.1, 0.15) is 15.9 Å². The van der Waals surface area contributed by atoms with Crippen molar-refractivity contribution in [3.63, 3.8) is 0 Å². The number of methoxy groups -OCH3 is 1. The molecule has 108 valence electrons. The van der Waals surface area contributed by atoms with Crippen LogP contribution in [-0.4, -0.2) is 43.1 Å². The number of thioether (sulfide) groups is 1. The van der Waals surface area contributed by atoms with Crippen molar-refractivity contribution < 1.29 is 14.3 Å². The van der Waals surface area contributed by atoms with Crippen molar-refractivity contribution in [1.29, 1.82) is 0 Å². The number of ether oxygens (including phenoxy) is 1. The lowest BCUT2D eigenvalue weighted by Crippen LogP contribution is -2.46. The zero-order valence-corrected chi connectivity index (χ0v) is 12.4. The summed E-state index contributed by atoms with van der Waals surface area (Å²) in [7, 11) is 1.35. The molecule has 1 unspecified atom stereocenters. The van der Waals surface area contributed by atoms with E-state index < -0.39 is 0 Å². The number of carbonyl (C=O) groups excluding carboxylic acids is 2. The molecule has 0 radical (unpaired) electrons. The van der Waals surface area contributed by atoms with E-state index in [-0.39, 0.29) is 17.9 Å². The van der Waals surface area contributed by atoms with Crippen LogP contribution in [0, 0.1) is 6.92 Å². The summed E-state index contributed by atoms with van der Waals surface area (Å²) < 4.78 is 4.67. The number of hydrogen-bond donors (Lipinski definition) is 2. The van der Waals surface area contributed by atoms with E-state index in [9.17, 15) is 9.59 Å². The minimum absolute atomic E-state index is 0.0360. The van der Waals surface area contributed by atoms with Crippen molar-refractivity contribution in [2.24, 2.45) is 0 Å². The monoisotopic (exact) mass is 294 g/mol. The third-order valence-corrected chi connectivity index (χ3v) is 4.21. The molecule has 1 aromatic rings. The number of aryl methyl sites for hydroxylation is 1. The number of anilines is 1. The van der Waals surface area contributed by atoms with Gasteiger partial charge in [0.15, 0.2) is 0 Å². The maximum atomic E-state index is 12.1. The topological polar surface area (TPSA) is 67.4 Å². The second-order valence-electron chi connectivity index (χ2n) is 4.59. The average Bonchev–Trinajstić information content (AvgIpc) is 2.49. The zero-order valence-electron chi connectivity index (χ0n) is 11.6. The maximum absolute atomic E-state index is 12.1. The van der Waals surface area contributed by atoms with Crippen LogP contribution in [0.5, 0.6) is 0 Å². The van der Waals surface area contributed by atoms with Gasteiger partial charge in [0.25, 0.3) is 0 Å². The van der Waals surface area contributed by atoms with Gasteiger partial charge in [-0.1, -0.05) is 0 Å². The van der Waals surface area contributed by atoms with Gasteiger partial charge >= 0.3 is 5.97 Å². The predicted molar refractivity (Wildman–Crippen MR) is 80.3 cm³/mol. The summed E-state index contributed by atoms with van der Waals surface area (Å²) in [6.45, 7) is 2.70. The van der Waals surface area contributed by atoms with Gasteiger partial charge in [-0.15, -0.1) is 0 Å². The summed E-state index contributed by atoms with van der Waals surface area (Å²) in [6.07, 6.45) is 0. The molecule has 0 aliphatic carbocycles. The molecule has 2 N–H and O–H groups in total. The van der Waals surface area contributed by atoms with E-state index >= 15 is 0 Å². The maximum Gasteiger partial charge on any atom is 0.337 e. The second-order valence-corrected chi connectivity index (χ2v) is 5.74. The summed E-state index contributed by atoms with van der Waals surface area (Å²) in [5.41, 5.74) is 2.04. The highest BCUT2D eigenvalue weighted by Gasteiger charge is 2.21. The van der Waals surface area contributed by atoms with Crippen LogP contribution in [0.15, 0.2) is 18.2 Å². The lowest BCUT2D eigenvalue weighted by molar-refractivity contribution is -0.117. The van der Waals surface area contributed by atoms with Gasteiger partial charge in [0.1, 0.15) is 0 Å². The Labute approximate surface area is 122 Å². The van der Waals surface area contributed by atoms with E-state index in [4.69, 9.17) is 0 Å². The first-order valence-corrected chi connectivity index (χ1v) is 7.58. The fraction of sp³-hybridized carbons (Fsp3) is 0.429. The largest absolute Gasteiger partial charge is 0.465 e. The molecular formula is C14H18N2O3S. The first-order chi connectivity index (χ1) is 9.61. The van der Waals surface area contributed by atoms with Gasteiger partial charge < -0.3 is 15.4 Å². The number of esters is 1. The standard InChI is InChI=1S/C14H18N2O3S/c1-9-7-10(14(18)19-2)3-4-11(9)16-13(17)12-8-20-6-5-15-12/h3-4,7,12,15H,5-6,8H2,1-2H3,(H,16,17). The summed E-state index contributed by atoms with van der Waals surface area (Å²) in [6, 6.07) is 4.94. The Balaban J connectivity index is 2.05. The number of nitrogens with one attached hydrogen (secondary N) is 2. The number of hydrogen-bond acceptors (Lipinski definition) is 5. The molecule has 5 nitrogen and oxygen atoms in total. The molecule has 0 bridgehead atoms. The van der Waals surface area contributed by atoms with Crippen LogP contribution in [-0.2, 0) is 9.53 Å². The molecule has 1 fully saturated rings. The van der Waals surface area contributed by atoms with E-state index in [1.54, 1.807) is 30.0 Å². The first-order valence-electron chi connectivity index (χ1n) is 6.43. The molecular weight excluding hydrogens is 276 g/mol. The molecule has 0 aromatic heterocycles. The minimum atomic E-state index is -0.378. The van der Waals surface area contributed by atoms with Crippen LogP contribution in [0.2, 0.25) is 0 Å². The fourth-order valence-corrected chi connectivity index (χ4v) is 2.94. The minimum Gasteiger partial charge on any atom is -0.465 e. The molecule has 0 spiro atoms. The molecule has 6 heteroatoms. The third-order valence-electron chi connectivity index (χ3n) is 3.14. The highest BCUT2D eigenvalue weighted by atomic mass is 32.2. The summed E-state index contributed by atoms with van der Waals surface area (Å²) in [4.78, 5) is 23.5. The average molecular weight is 294 g/mol. The number of rotatable bonds is 3. The molecule has 1 saturated heterocycles. The predicted octanol–water partition coefficient (Wildman–Crippen LogP) is 1.43. The number of amides is 1. The zero-order chi connectivity index (χ0) is 14.5. The smallest absolute Gasteiger partial charge is 0.337 e. The molecule has 1 heterocycles. The van der Waals surface area contributed by atoms with Gasteiger partial charge in [0, 0.05) is 23.7 Å². The van der Waals surface area contributed by atoms with Crippen molar-refractivity contribution in [1.82, 2.24) is 5.32 Å². The van der Waals surface area contributed by atoms with Crippen LogP contribution in [0.3, 0.4) is 0 Å². The molecule has 1 aliphatic rings. The van der Waals surface area contributed by atoms with Crippen LogP contribution in [0.4, 0.5) is 5.69 Å². The van der Waals surface area contributed by atoms with Crippen molar-refractivity contribution in [3.8, 4) is 0 Å². The Morgan fingerprint density at radius 3 is 2.85 bits per heavy atom. The van der Waals surface area contributed by atoms with E-state index in [1.165, 1.54) is 7.11 Å². The summed E-state index contributed by atoms with van der Waals surface area (Å²) in [5, 5.41) is 6.09. The van der Waals surface area contributed by atoms with E-state index in [1.807, 2.05) is 6.92 Å². The first kappa shape index (κ1) is 14.9. The summed E-state index contributed by atoms with van der Waals surface area (Å²) >= 11 is 1.77. The Bertz CT molecular complexity index is 513. The van der Waals surface area contributed by atoms with Crippen LogP contribution in [0.25, 0.3) is 0 Å². The van der Waals surface area contributed by atoms with E-state index in [2.05, 4.69) is 15.4 Å². The highest BCUT2D eigenvalue weighted by molar-refractivity contribution is 7.99. The normalized spacial score (nSPS) is 18.4. The SMILES string of the molecule is COC(=O)c1ccc(NC(=O)C2CSCCN2)c(C)c1. The van der Waals surface area contributed by atoms with Gasteiger partial charge in [0.05, 0.1) is 18.7 Å². The number of benzene rings is 1. The van der Waals surface area contributed by atoms with Gasteiger partial charge in [-0.2, -0.15) is 11.8 Å². The molecule has 0 saturated carbocycles. The Kier molecular flexibility index (Phi) is 5.03. The molecule has 20 heavy (non-hydrogen) atoms. The van der Waals surface area contributed by atoms with Gasteiger partial charge in [-0.25, -0.2) is 4.79 Å².